The standard InChI is InChI=1S/C22H22FN3O3S/c1-4-29-21(28)18-13(2)26(3)22(30)25-19(18)14-7-6-10-17(12-14)24-20(27)15-8-5-9-16(23)11-15/h5-12,19H,4H2,1-3H3,(H,24,27)(H,25,30). The van der Waals surface area contributed by atoms with Crippen LogP contribution in [-0.4, -0.2) is 35.5 Å². The zero-order valence-electron chi connectivity index (χ0n) is 16.9. The van der Waals surface area contributed by atoms with E-state index in [2.05, 4.69) is 10.6 Å². The Bertz CT molecular complexity index is 1040. The molecule has 0 fully saturated rings. The summed E-state index contributed by atoms with van der Waals surface area (Å²) in [5.74, 6) is -1.35. The van der Waals surface area contributed by atoms with Crippen molar-refractivity contribution < 1.29 is 18.7 Å². The molecule has 1 heterocycles. The van der Waals surface area contributed by atoms with E-state index in [4.69, 9.17) is 17.0 Å². The summed E-state index contributed by atoms with van der Waals surface area (Å²) in [5, 5.41) is 6.39. The van der Waals surface area contributed by atoms with Crippen molar-refractivity contribution in [3.05, 3.63) is 76.7 Å². The molecular weight excluding hydrogens is 405 g/mol. The number of amides is 1. The molecule has 1 amide bonds. The Morgan fingerprint density at radius 3 is 2.67 bits per heavy atom. The smallest absolute Gasteiger partial charge is 0.338 e. The molecule has 0 spiro atoms. The fourth-order valence-electron chi connectivity index (χ4n) is 3.19. The summed E-state index contributed by atoms with van der Waals surface area (Å²) in [4.78, 5) is 26.8. The van der Waals surface area contributed by atoms with Gasteiger partial charge in [0.05, 0.1) is 18.2 Å². The van der Waals surface area contributed by atoms with E-state index < -0.39 is 23.7 Å². The van der Waals surface area contributed by atoms with Crippen molar-refractivity contribution in [1.29, 1.82) is 0 Å². The molecular formula is C22H22FN3O3S. The molecule has 156 valence electrons. The summed E-state index contributed by atoms with van der Waals surface area (Å²) in [6, 6.07) is 12.0. The molecule has 0 bridgehead atoms. The normalized spacial score (nSPS) is 16.2. The van der Waals surface area contributed by atoms with Gasteiger partial charge >= 0.3 is 5.97 Å². The van der Waals surface area contributed by atoms with Gasteiger partial charge < -0.3 is 20.3 Å². The molecule has 0 saturated carbocycles. The summed E-state index contributed by atoms with van der Waals surface area (Å²) in [6.45, 7) is 3.80. The van der Waals surface area contributed by atoms with Gasteiger partial charge in [0.15, 0.2) is 5.11 Å². The predicted molar refractivity (Wildman–Crippen MR) is 116 cm³/mol. The Hall–Kier alpha value is -3.26. The van der Waals surface area contributed by atoms with Crippen LogP contribution in [-0.2, 0) is 9.53 Å². The number of carbonyl (C=O) groups is 2. The number of benzene rings is 2. The number of allylic oxidation sites excluding steroid dienone is 1. The average Bonchev–Trinajstić information content (AvgIpc) is 2.72. The Morgan fingerprint density at radius 2 is 1.97 bits per heavy atom. The average molecular weight is 428 g/mol. The van der Waals surface area contributed by atoms with Gasteiger partial charge in [-0.05, 0) is 62.0 Å². The third kappa shape index (κ3) is 4.49. The third-order valence-corrected chi connectivity index (χ3v) is 5.21. The highest BCUT2D eigenvalue weighted by molar-refractivity contribution is 7.80. The Labute approximate surface area is 179 Å². The predicted octanol–water partition coefficient (Wildman–Crippen LogP) is 3.78. The number of hydrogen-bond acceptors (Lipinski definition) is 4. The molecule has 2 N–H and O–H groups in total. The first-order valence-electron chi connectivity index (χ1n) is 9.40. The van der Waals surface area contributed by atoms with Crippen molar-refractivity contribution in [2.24, 2.45) is 0 Å². The third-order valence-electron chi connectivity index (χ3n) is 4.81. The molecule has 6 nitrogen and oxygen atoms in total. The molecule has 0 saturated heterocycles. The van der Waals surface area contributed by atoms with Gasteiger partial charge in [0, 0.05) is 24.0 Å². The number of nitrogens with zero attached hydrogens (tertiary/aromatic N) is 1. The minimum absolute atomic E-state index is 0.210. The molecule has 1 unspecified atom stereocenters. The monoisotopic (exact) mass is 427 g/mol. The summed E-state index contributed by atoms with van der Waals surface area (Å²) in [5.41, 5.74) is 2.58. The molecule has 0 radical (unpaired) electrons. The highest BCUT2D eigenvalue weighted by Crippen LogP contribution is 2.32. The van der Waals surface area contributed by atoms with Gasteiger partial charge in [-0.3, -0.25) is 4.79 Å². The number of hydrogen-bond donors (Lipinski definition) is 2. The zero-order valence-corrected chi connectivity index (χ0v) is 17.7. The van der Waals surface area contributed by atoms with Gasteiger partial charge in [-0.25, -0.2) is 9.18 Å². The van der Waals surface area contributed by atoms with Gasteiger partial charge in [0.1, 0.15) is 5.82 Å². The number of anilines is 1. The molecule has 1 aliphatic rings. The van der Waals surface area contributed by atoms with Crippen LogP contribution >= 0.6 is 12.2 Å². The number of nitrogens with one attached hydrogen (secondary N) is 2. The molecule has 2 aromatic carbocycles. The van der Waals surface area contributed by atoms with E-state index in [9.17, 15) is 14.0 Å². The van der Waals surface area contributed by atoms with Crippen molar-refractivity contribution in [3.8, 4) is 0 Å². The van der Waals surface area contributed by atoms with E-state index in [1.165, 1.54) is 24.3 Å². The number of halogens is 1. The number of ether oxygens (including phenoxy) is 1. The van der Waals surface area contributed by atoms with Crippen LogP contribution in [0.15, 0.2) is 59.8 Å². The second-order valence-corrected chi connectivity index (χ2v) is 7.14. The van der Waals surface area contributed by atoms with Crippen LogP contribution in [0.2, 0.25) is 0 Å². The van der Waals surface area contributed by atoms with Crippen LogP contribution in [0.4, 0.5) is 10.1 Å². The maximum absolute atomic E-state index is 13.4. The second kappa shape index (κ2) is 9.04. The van der Waals surface area contributed by atoms with E-state index in [1.54, 1.807) is 37.1 Å². The number of rotatable bonds is 5. The summed E-state index contributed by atoms with van der Waals surface area (Å²) in [6.07, 6.45) is 0. The Kier molecular flexibility index (Phi) is 6.47. The minimum atomic E-state index is -0.529. The van der Waals surface area contributed by atoms with Gasteiger partial charge in [0.25, 0.3) is 5.91 Å². The fraction of sp³-hybridized carbons (Fsp3) is 0.227. The SMILES string of the molecule is CCOC(=O)C1=C(C)N(C)C(=S)NC1c1cccc(NC(=O)c2cccc(F)c2)c1. The van der Waals surface area contributed by atoms with E-state index in [0.29, 0.717) is 22.1 Å². The molecule has 2 aromatic rings. The van der Waals surface area contributed by atoms with Gasteiger partial charge in [-0.15, -0.1) is 0 Å². The maximum atomic E-state index is 13.4. The topological polar surface area (TPSA) is 70.7 Å². The van der Waals surface area contributed by atoms with Crippen molar-refractivity contribution in [2.45, 2.75) is 19.9 Å². The molecule has 0 aromatic heterocycles. The second-order valence-electron chi connectivity index (χ2n) is 6.75. The van der Waals surface area contributed by atoms with E-state index in [-0.39, 0.29) is 12.2 Å². The number of thiocarbonyl (C=S) groups is 1. The molecule has 1 aliphatic heterocycles. The van der Waals surface area contributed by atoms with Crippen molar-refractivity contribution in [2.75, 3.05) is 19.0 Å². The summed E-state index contributed by atoms with van der Waals surface area (Å²) < 4.78 is 18.6. The van der Waals surface area contributed by atoms with Crippen molar-refractivity contribution in [1.82, 2.24) is 10.2 Å². The van der Waals surface area contributed by atoms with E-state index in [1.807, 2.05) is 13.0 Å². The van der Waals surface area contributed by atoms with E-state index in [0.717, 1.165) is 5.56 Å². The highest BCUT2D eigenvalue weighted by Gasteiger charge is 2.33. The van der Waals surface area contributed by atoms with Gasteiger partial charge in [-0.1, -0.05) is 18.2 Å². The summed E-state index contributed by atoms with van der Waals surface area (Å²) >= 11 is 5.39. The quantitative estimate of drug-likeness (QED) is 0.559. The van der Waals surface area contributed by atoms with Crippen molar-refractivity contribution >= 4 is 34.9 Å². The lowest BCUT2D eigenvalue weighted by atomic mass is 9.95. The van der Waals surface area contributed by atoms with E-state index >= 15 is 0 Å². The van der Waals surface area contributed by atoms with Crippen LogP contribution in [0.25, 0.3) is 0 Å². The first-order valence-corrected chi connectivity index (χ1v) is 9.81. The molecule has 1 atom stereocenters. The van der Waals surface area contributed by atoms with Crippen LogP contribution in [0.5, 0.6) is 0 Å². The fourth-order valence-corrected chi connectivity index (χ4v) is 3.44. The lowest BCUT2D eigenvalue weighted by Crippen LogP contribution is -2.46. The lowest BCUT2D eigenvalue weighted by Gasteiger charge is -2.35. The molecule has 0 aliphatic carbocycles. The first kappa shape index (κ1) is 21.4. The van der Waals surface area contributed by atoms with Crippen LogP contribution in [0.1, 0.15) is 35.8 Å². The number of esters is 1. The lowest BCUT2D eigenvalue weighted by molar-refractivity contribution is -0.139. The molecule has 30 heavy (non-hydrogen) atoms. The Morgan fingerprint density at radius 1 is 1.23 bits per heavy atom. The van der Waals surface area contributed by atoms with Crippen LogP contribution < -0.4 is 10.6 Å². The maximum Gasteiger partial charge on any atom is 0.338 e. The van der Waals surface area contributed by atoms with Gasteiger partial charge in [-0.2, -0.15) is 0 Å². The first-order chi connectivity index (χ1) is 14.3. The Balaban J connectivity index is 1.92. The zero-order chi connectivity index (χ0) is 21.8. The summed E-state index contributed by atoms with van der Waals surface area (Å²) in [7, 11) is 1.77. The number of carbonyl (C=O) groups excluding carboxylic acids is 2. The van der Waals surface area contributed by atoms with Crippen LogP contribution in [0, 0.1) is 5.82 Å². The van der Waals surface area contributed by atoms with Gasteiger partial charge in [0.2, 0.25) is 0 Å². The van der Waals surface area contributed by atoms with Crippen molar-refractivity contribution in [3.63, 3.8) is 0 Å². The largest absolute Gasteiger partial charge is 0.463 e. The molecule has 3 rings (SSSR count). The minimum Gasteiger partial charge on any atom is -0.463 e. The van der Waals surface area contributed by atoms with Crippen LogP contribution in [0.3, 0.4) is 0 Å². The highest BCUT2D eigenvalue weighted by atomic mass is 32.1. The molecule has 8 heteroatoms.